The molecule has 1 saturated carbocycles. The van der Waals surface area contributed by atoms with E-state index in [9.17, 15) is 0 Å². The van der Waals surface area contributed by atoms with Crippen LogP contribution in [0.25, 0.3) is 0 Å². The van der Waals surface area contributed by atoms with Gasteiger partial charge in [-0.3, -0.25) is 9.58 Å². The highest BCUT2D eigenvalue weighted by molar-refractivity contribution is 5.25. The van der Waals surface area contributed by atoms with Crippen LogP contribution in [0.15, 0.2) is 42.6 Å². The van der Waals surface area contributed by atoms with Crippen LogP contribution in [-0.4, -0.2) is 40.9 Å². The van der Waals surface area contributed by atoms with Gasteiger partial charge in [0, 0.05) is 25.9 Å². The highest BCUT2D eigenvalue weighted by atomic mass is 16.5. The minimum Gasteiger partial charge on any atom is -0.475 e. The summed E-state index contributed by atoms with van der Waals surface area (Å²) in [4.78, 5) is 2.54. The summed E-state index contributed by atoms with van der Waals surface area (Å²) in [7, 11) is 1.92. The lowest BCUT2D eigenvalue weighted by molar-refractivity contribution is 0.147. The van der Waals surface area contributed by atoms with E-state index in [0.717, 1.165) is 36.8 Å². The summed E-state index contributed by atoms with van der Waals surface area (Å²) in [6.07, 6.45) is 7.45. The second-order valence-electron chi connectivity index (χ2n) is 7.71. The molecule has 1 saturated heterocycles. The van der Waals surface area contributed by atoms with E-state index in [1.807, 2.05) is 19.3 Å². The first-order chi connectivity index (χ1) is 12.3. The molecule has 4 rings (SSSR count). The molecule has 0 N–H and O–H groups in total. The maximum absolute atomic E-state index is 5.72. The summed E-state index contributed by atoms with van der Waals surface area (Å²) in [6.45, 7) is 4.19. The van der Waals surface area contributed by atoms with Gasteiger partial charge in [0.25, 0.3) is 0 Å². The van der Waals surface area contributed by atoms with Crippen LogP contribution in [0.2, 0.25) is 0 Å². The quantitative estimate of drug-likeness (QED) is 0.770. The van der Waals surface area contributed by atoms with Gasteiger partial charge in [0.2, 0.25) is 5.88 Å². The van der Waals surface area contributed by atoms with Crippen molar-refractivity contribution in [3.05, 3.63) is 48.2 Å². The van der Waals surface area contributed by atoms with Crippen LogP contribution >= 0.6 is 0 Å². The maximum atomic E-state index is 5.72. The number of aryl methyl sites for hydroxylation is 1. The van der Waals surface area contributed by atoms with Crippen LogP contribution in [0.1, 0.15) is 37.2 Å². The zero-order valence-corrected chi connectivity index (χ0v) is 15.2. The molecular weight excluding hydrogens is 310 g/mol. The van der Waals surface area contributed by atoms with Gasteiger partial charge < -0.3 is 4.74 Å². The third-order valence-electron chi connectivity index (χ3n) is 5.84. The first kappa shape index (κ1) is 16.6. The number of hydrogen-bond donors (Lipinski definition) is 0. The van der Waals surface area contributed by atoms with Gasteiger partial charge in [-0.25, -0.2) is 0 Å². The van der Waals surface area contributed by atoms with E-state index >= 15 is 0 Å². The topological polar surface area (TPSA) is 30.3 Å². The van der Waals surface area contributed by atoms with Crippen molar-refractivity contribution in [1.29, 1.82) is 0 Å². The lowest BCUT2D eigenvalue weighted by Gasteiger charge is -2.31. The Balaban J connectivity index is 1.13. The molecule has 2 fully saturated rings. The van der Waals surface area contributed by atoms with Gasteiger partial charge in [-0.05, 0) is 62.1 Å². The molecule has 0 amide bonds. The van der Waals surface area contributed by atoms with Gasteiger partial charge in [0.15, 0.2) is 0 Å². The molecule has 2 aromatic rings. The van der Waals surface area contributed by atoms with Crippen molar-refractivity contribution in [3.8, 4) is 5.88 Å². The van der Waals surface area contributed by atoms with E-state index in [4.69, 9.17) is 4.74 Å². The number of aromatic nitrogens is 2. The Labute approximate surface area is 150 Å². The van der Waals surface area contributed by atoms with Gasteiger partial charge in [-0.1, -0.05) is 30.3 Å². The first-order valence-electron chi connectivity index (χ1n) is 9.67. The van der Waals surface area contributed by atoms with E-state index in [0.29, 0.717) is 0 Å². The fourth-order valence-corrected chi connectivity index (χ4v) is 4.24. The molecule has 0 spiro atoms. The fraction of sp³-hybridized carbons (Fsp3) is 0.571. The van der Waals surface area contributed by atoms with Crippen LogP contribution in [0.3, 0.4) is 0 Å². The van der Waals surface area contributed by atoms with Crippen LogP contribution in [0.5, 0.6) is 5.88 Å². The molecule has 1 aliphatic carbocycles. The Bertz CT molecular complexity index is 661. The summed E-state index contributed by atoms with van der Waals surface area (Å²) >= 11 is 0. The molecule has 2 heterocycles. The van der Waals surface area contributed by atoms with Crippen LogP contribution < -0.4 is 4.74 Å². The Morgan fingerprint density at radius 2 is 1.92 bits per heavy atom. The van der Waals surface area contributed by atoms with E-state index in [-0.39, 0.29) is 0 Å². The molecule has 1 aliphatic heterocycles. The summed E-state index contributed by atoms with van der Waals surface area (Å²) in [5.74, 6) is 3.43. The van der Waals surface area contributed by atoms with E-state index in [1.165, 1.54) is 38.8 Å². The minimum absolute atomic E-state index is 0.734. The van der Waals surface area contributed by atoms with Gasteiger partial charge >= 0.3 is 0 Å². The molecule has 1 aromatic carbocycles. The normalized spacial score (nSPS) is 24.4. The molecular formula is C21H29N3O. The van der Waals surface area contributed by atoms with Crippen LogP contribution in [0, 0.1) is 11.8 Å². The predicted molar refractivity (Wildman–Crippen MR) is 99.8 cm³/mol. The van der Waals surface area contributed by atoms with Gasteiger partial charge in [0.1, 0.15) is 6.61 Å². The lowest BCUT2D eigenvalue weighted by Crippen LogP contribution is -2.36. The average molecular weight is 339 g/mol. The standard InChI is InChI=1S/C21H29N3O/c1-23-10-9-21(22-23)25-14-13-24-11-7-17(8-12-24)15-19-16-20(19)18-5-3-2-4-6-18/h2-6,9-10,17,19-20H,7-8,11-16H2,1H3/t19-,20+/m1/s1. The summed E-state index contributed by atoms with van der Waals surface area (Å²) in [6, 6.07) is 13.0. The Hall–Kier alpha value is -1.81. The van der Waals surface area contributed by atoms with E-state index in [2.05, 4.69) is 40.3 Å². The number of hydrogen-bond acceptors (Lipinski definition) is 3. The smallest absolute Gasteiger partial charge is 0.232 e. The van der Waals surface area contributed by atoms with Gasteiger partial charge in [0.05, 0.1) is 0 Å². The van der Waals surface area contributed by atoms with Crippen molar-refractivity contribution in [2.45, 2.75) is 31.6 Å². The van der Waals surface area contributed by atoms with E-state index in [1.54, 1.807) is 10.2 Å². The van der Waals surface area contributed by atoms with Gasteiger partial charge in [-0.15, -0.1) is 5.10 Å². The largest absolute Gasteiger partial charge is 0.475 e. The molecule has 134 valence electrons. The van der Waals surface area contributed by atoms with Crippen LogP contribution in [0.4, 0.5) is 0 Å². The number of nitrogens with zero attached hydrogens (tertiary/aromatic N) is 3. The summed E-state index contributed by atoms with van der Waals surface area (Å²) in [5, 5.41) is 4.25. The van der Waals surface area contributed by atoms with Crippen molar-refractivity contribution in [1.82, 2.24) is 14.7 Å². The second kappa shape index (κ2) is 7.61. The molecule has 2 aliphatic rings. The molecule has 0 unspecified atom stereocenters. The number of benzene rings is 1. The zero-order chi connectivity index (χ0) is 17.1. The zero-order valence-electron chi connectivity index (χ0n) is 15.2. The molecule has 1 aromatic heterocycles. The van der Waals surface area contributed by atoms with Crippen molar-refractivity contribution in [2.75, 3.05) is 26.2 Å². The van der Waals surface area contributed by atoms with Crippen molar-refractivity contribution in [2.24, 2.45) is 18.9 Å². The molecule has 0 radical (unpaired) electrons. The Kier molecular flexibility index (Phi) is 5.07. The average Bonchev–Trinajstić information content (AvgIpc) is 3.29. The number of likely N-dealkylation sites (tertiary alicyclic amines) is 1. The fourth-order valence-electron chi connectivity index (χ4n) is 4.24. The van der Waals surface area contributed by atoms with Crippen LogP contribution in [-0.2, 0) is 7.05 Å². The second-order valence-corrected chi connectivity index (χ2v) is 7.71. The SMILES string of the molecule is Cn1ccc(OCCN2CCC(C[C@@H]3C[C@H]3c3ccccc3)CC2)n1. The van der Waals surface area contributed by atoms with Crippen molar-refractivity contribution >= 4 is 0 Å². The predicted octanol–water partition coefficient (Wildman–Crippen LogP) is 3.70. The molecule has 25 heavy (non-hydrogen) atoms. The lowest BCUT2D eigenvalue weighted by atomic mass is 9.90. The summed E-state index contributed by atoms with van der Waals surface area (Å²) < 4.78 is 7.50. The Morgan fingerprint density at radius 3 is 2.64 bits per heavy atom. The number of ether oxygens (including phenoxy) is 1. The third-order valence-corrected chi connectivity index (χ3v) is 5.84. The van der Waals surface area contributed by atoms with Gasteiger partial charge in [-0.2, -0.15) is 0 Å². The number of piperidine rings is 1. The Morgan fingerprint density at radius 1 is 1.12 bits per heavy atom. The molecule has 0 bridgehead atoms. The van der Waals surface area contributed by atoms with E-state index < -0.39 is 0 Å². The highest BCUT2D eigenvalue weighted by Gasteiger charge is 2.39. The van der Waals surface area contributed by atoms with Crippen molar-refractivity contribution in [3.63, 3.8) is 0 Å². The highest BCUT2D eigenvalue weighted by Crippen LogP contribution is 2.51. The third kappa shape index (κ3) is 4.43. The minimum atomic E-state index is 0.734. The molecule has 4 nitrogen and oxygen atoms in total. The van der Waals surface area contributed by atoms with Crippen molar-refractivity contribution < 1.29 is 4.74 Å². The monoisotopic (exact) mass is 339 g/mol. The molecule has 2 atom stereocenters. The maximum Gasteiger partial charge on any atom is 0.232 e. The number of rotatable bonds is 7. The summed E-state index contributed by atoms with van der Waals surface area (Å²) in [5.41, 5.74) is 1.55. The molecule has 4 heteroatoms. The first-order valence-corrected chi connectivity index (χ1v) is 9.67.